The van der Waals surface area contributed by atoms with Crippen LogP contribution in [-0.2, 0) is 4.79 Å². The van der Waals surface area contributed by atoms with Gasteiger partial charge < -0.3 is 15.4 Å². The molecule has 2 aromatic carbocycles. The minimum Gasteiger partial charge on any atom is -0.479 e. The maximum Gasteiger partial charge on any atom is 0.265 e. The Labute approximate surface area is 158 Å². The van der Waals surface area contributed by atoms with Crippen LogP contribution in [0, 0.1) is 0 Å². The van der Waals surface area contributed by atoms with Gasteiger partial charge in [0.25, 0.3) is 11.8 Å². The van der Waals surface area contributed by atoms with Crippen molar-refractivity contribution < 1.29 is 14.3 Å². The molecule has 0 aliphatic carbocycles. The standard InChI is InChI=1S/C20H23ClN2O3/c1-13(26-17-11-6-5-10-16(17)21)18(24)22-15-9-7-8-14(12-15)19(25)23-20(2,3)4/h5-13H,1-4H3,(H,22,24)(H,23,25). The van der Waals surface area contributed by atoms with Crippen LogP contribution in [0.1, 0.15) is 38.1 Å². The highest BCUT2D eigenvalue weighted by atomic mass is 35.5. The lowest BCUT2D eigenvalue weighted by Crippen LogP contribution is -2.40. The summed E-state index contributed by atoms with van der Waals surface area (Å²) in [6.45, 7) is 7.35. The van der Waals surface area contributed by atoms with E-state index < -0.39 is 6.10 Å². The third kappa shape index (κ3) is 5.77. The molecule has 6 heteroatoms. The van der Waals surface area contributed by atoms with E-state index in [1.165, 1.54) is 0 Å². The van der Waals surface area contributed by atoms with Gasteiger partial charge in [0.2, 0.25) is 0 Å². The molecule has 0 fully saturated rings. The summed E-state index contributed by atoms with van der Waals surface area (Å²) in [5, 5.41) is 6.08. The molecule has 0 aliphatic heterocycles. The number of carbonyl (C=O) groups excluding carboxylic acids is 2. The van der Waals surface area contributed by atoms with Gasteiger partial charge in [-0.3, -0.25) is 9.59 Å². The van der Waals surface area contributed by atoms with Crippen molar-refractivity contribution in [1.82, 2.24) is 5.32 Å². The lowest BCUT2D eigenvalue weighted by atomic mass is 10.1. The quantitative estimate of drug-likeness (QED) is 0.821. The van der Waals surface area contributed by atoms with Crippen LogP contribution in [0.4, 0.5) is 5.69 Å². The van der Waals surface area contributed by atoms with E-state index in [1.54, 1.807) is 55.5 Å². The van der Waals surface area contributed by atoms with E-state index in [2.05, 4.69) is 10.6 Å². The smallest absolute Gasteiger partial charge is 0.265 e. The molecule has 2 N–H and O–H groups in total. The predicted octanol–water partition coefficient (Wildman–Crippen LogP) is 4.27. The van der Waals surface area contributed by atoms with Gasteiger partial charge in [-0.1, -0.05) is 29.8 Å². The van der Waals surface area contributed by atoms with Gasteiger partial charge >= 0.3 is 0 Å². The second-order valence-electron chi connectivity index (χ2n) is 6.96. The SMILES string of the molecule is CC(Oc1ccccc1Cl)C(=O)Nc1cccc(C(=O)NC(C)(C)C)c1. The monoisotopic (exact) mass is 374 g/mol. The molecule has 0 aromatic heterocycles. The Hall–Kier alpha value is -2.53. The largest absolute Gasteiger partial charge is 0.479 e. The molecule has 138 valence electrons. The van der Waals surface area contributed by atoms with Crippen LogP contribution in [0.5, 0.6) is 5.75 Å². The van der Waals surface area contributed by atoms with Crippen molar-refractivity contribution in [2.45, 2.75) is 39.3 Å². The van der Waals surface area contributed by atoms with Crippen molar-refractivity contribution in [3.05, 3.63) is 59.1 Å². The molecule has 2 rings (SSSR count). The van der Waals surface area contributed by atoms with Crippen LogP contribution in [0.25, 0.3) is 0 Å². The van der Waals surface area contributed by atoms with Gasteiger partial charge in [-0.25, -0.2) is 0 Å². The Morgan fingerprint density at radius 2 is 1.77 bits per heavy atom. The number of amides is 2. The summed E-state index contributed by atoms with van der Waals surface area (Å²) in [5.41, 5.74) is 0.650. The van der Waals surface area contributed by atoms with Gasteiger partial charge in [0.15, 0.2) is 6.10 Å². The number of hydrogen-bond acceptors (Lipinski definition) is 3. The van der Waals surface area contributed by atoms with Gasteiger partial charge in [0.05, 0.1) is 5.02 Å². The number of hydrogen-bond donors (Lipinski definition) is 2. The number of anilines is 1. The Balaban J connectivity index is 2.03. The number of nitrogens with one attached hydrogen (secondary N) is 2. The zero-order chi connectivity index (χ0) is 19.3. The first-order chi connectivity index (χ1) is 12.2. The molecular formula is C20H23ClN2O3. The molecule has 0 radical (unpaired) electrons. The first kappa shape index (κ1) is 19.8. The number of halogens is 1. The molecule has 5 nitrogen and oxygen atoms in total. The lowest BCUT2D eigenvalue weighted by Gasteiger charge is -2.20. The first-order valence-electron chi connectivity index (χ1n) is 8.30. The summed E-state index contributed by atoms with van der Waals surface area (Å²) in [4.78, 5) is 24.6. The van der Waals surface area contributed by atoms with Crippen molar-refractivity contribution in [3.8, 4) is 5.75 Å². The van der Waals surface area contributed by atoms with E-state index >= 15 is 0 Å². The third-order valence-electron chi connectivity index (χ3n) is 3.39. The van der Waals surface area contributed by atoms with E-state index in [0.29, 0.717) is 22.0 Å². The summed E-state index contributed by atoms with van der Waals surface area (Å²) in [6.07, 6.45) is -0.748. The molecule has 0 aliphatic rings. The van der Waals surface area contributed by atoms with Gasteiger partial charge in [-0.05, 0) is 58.0 Å². The number of benzene rings is 2. The van der Waals surface area contributed by atoms with Crippen LogP contribution in [0.2, 0.25) is 5.02 Å². The molecule has 26 heavy (non-hydrogen) atoms. The predicted molar refractivity (Wildman–Crippen MR) is 104 cm³/mol. The van der Waals surface area contributed by atoms with E-state index in [9.17, 15) is 9.59 Å². The van der Waals surface area contributed by atoms with Crippen LogP contribution in [-0.4, -0.2) is 23.5 Å². The molecule has 0 bridgehead atoms. The normalized spacial score (nSPS) is 12.2. The van der Waals surface area contributed by atoms with Crippen molar-refractivity contribution in [3.63, 3.8) is 0 Å². The highest BCUT2D eigenvalue weighted by molar-refractivity contribution is 6.32. The summed E-state index contributed by atoms with van der Waals surface area (Å²) < 4.78 is 5.60. The number of rotatable bonds is 5. The average Bonchev–Trinajstić information content (AvgIpc) is 2.55. The Bertz CT molecular complexity index is 800. The molecule has 0 spiro atoms. The second kappa shape index (κ2) is 8.23. The summed E-state index contributed by atoms with van der Waals surface area (Å²) in [6, 6.07) is 13.7. The minimum absolute atomic E-state index is 0.200. The molecule has 1 unspecified atom stereocenters. The highest BCUT2D eigenvalue weighted by Gasteiger charge is 2.18. The van der Waals surface area contributed by atoms with Gasteiger partial charge in [-0.2, -0.15) is 0 Å². The molecular weight excluding hydrogens is 352 g/mol. The number of para-hydroxylation sites is 1. The van der Waals surface area contributed by atoms with E-state index in [4.69, 9.17) is 16.3 Å². The Morgan fingerprint density at radius 1 is 1.08 bits per heavy atom. The topological polar surface area (TPSA) is 67.4 Å². The molecule has 2 aromatic rings. The molecule has 0 saturated carbocycles. The lowest BCUT2D eigenvalue weighted by molar-refractivity contribution is -0.122. The summed E-state index contributed by atoms with van der Waals surface area (Å²) >= 11 is 6.04. The van der Waals surface area contributed by atoms with Crippen molar-refractivity contribution in [2.24, 2.45) is 0 Å². The fourth-order valence-electron chi connectivity index (χ4n) is 2.18. The van der Waals surface area contributed by atoms with Crippen molar-refractivity contribution >= 4 is 29.1 Å². The van der Waals surface area contributed by atoms with Gasteiger partial charge in [0.1, 0.15) is 5.75 Å². The minimum atomic E-state index is -0.748. The third-order valence-corrected chi connectivity index (χ3v) is 3.70. The van der Waals surface area contributed by atoms with Crippen LogP contribution in [0.3, 0.4) is 0 Å². The first-order valence-corrected chi connectivity index (χ1v) is 8.68. The second-order valence-corrected chi connectivity index (χ2v) is 7.37. The fraction of sp³-hybridized carbons (Fsp3) is 0.300. The maximum absolute atomic E-state index is 12.4. The van der Waals surface area contributed by atoms with E-state index in [1.807, 2.05) is 20.8 Å². The molecule has 1 atom stereocenters. The maximum atomic E-state index is 12.4. The summed E-state index contributed by atoms with van der Waals surface area (Å²) in [5.74, 6) is -0.0950. The van der Waals surface area contributed by atoms with Crippen LogP contribution in [0.15, 0.2) is 48.5 Å². The van der Waals surface area contributed by atoms with E-state index in [0.717, 1.165) is 0 Å². The number of ether oxygens (including phenoxy) is 1. The average molecular weight is 375 g/mol. The highest BCUT2D eigenvalue weighted by Crippen LogP contribution is 2.24. The zero-order valence-corrected chi connectivity index (χ0v) is 16.1. The Morgan fingerprint density at radius 3 is 2.42 bits per heavy atom. The van der Waals surface area contributed by atoms with Crippen molar-refractivity contribution in [1.29, 1.82) is 0 Å². The molecule has 0 heterocycles. The summed E-state index contributed by atoms with van der Waals surface area (Å²) in [7, 11) is 0. The van der Waals surface area contributed by atoms with Crippen molar-refractivity contribution in [2.75, 3.05) is 5.32 Å². The number of carbonyl (C=O) groups is 2. The van der Waals surface area contributed by atoms with Gasteiger partial charge in [-0.15, -0.1) is 0 Å². The van der Waals surface area contributed by atoms with Crippen LogP contribution < -0.4 is 15.4 Å². The fourth-order valence-corrected chi connectivity index (χ4v) is 2.36. The van der Waals surface area contributed by atoms with E-state index in [-0.39, 0.29) is 17.4 Å². The molecule has 0 saturated heterocycles. The Kier molecular flexibility index (Phi) is 6.27. The van der Waals surface area contributed by atoms with Gasteiger partial charge in [0, 0.05) is 16.8 Å². The molecule has 2 amide bonds. The zero-order valence-electron chi connectivity index (χ0n) is 15.3. The van der Waals surface area contributed by atoms with Crippen LogP contribution >= 0.6 is 11.6 Å².